The maximum absolute atomic E-state index is 10.2. The molecule has 0 saturated carbocycles. The quantitative estimate of drug-likeness (QED) is 0.811. The second-order valence-corrected chi connectivity index (χ2v) is 5.92. The van der Waals surface area contributed by atoms with Crippen molar-refractivity contribution in [2.75, 3.05) is 13.2 Å². The molecule has 116 valence electrons. The summed E-state index contributed by atoms with van der Waals surface area (Å²) in [5.41, 5.74) is 1.76. The zero-order chi connectivity index (χ0) is 15.5. The van der Waals surface area contributed by atoms with E-state index in [0.717, 1.165) is 23.3 Å². The molecule has 1 aliphatic rings. The van der Waals surface area contributed by atoms with Gasteiger partial charge < -0.3 is 20.3 Å². The number of hydrogen-bond acceptors (Lipinski definition) is 4. The van der Waals surface area contributed by atoms with Crippen LogP contribution in [0.3, 0.4) is 0 Å². The highest BCUT2D eigenvalue weighted by molar-refractivity contribution is 6.30. The van der Waals surface area contributed by atoms with E-state index in [9.17, 15) is 10.2 Å². The van der Waals surface area contributed by atoms with Gasteiger partial charge >= 0.3 is 0 Å². The Hall–Kier alpha value is -1.75. The van der Waals surface area contributed by atoms with Gasteiger partial charge in [-0.15, -0.1) is 0 Å². The van der Waals surface area contributed by atoms with Gasteiger partial charge in [-0.25, -0.2) is 0 Å². The van der Waals surface area contributed by atoms with E-state index >= 15 is 0 Å². The molecule has 2 aromatic rings. The second kappa shape index (κ2) is 6.57. The van der Waals surface area contributed by atoms with Gasteiger partial charge in [0, 0.05) is 17.6 Å². The fourth-order valence-electron chi connectivity index (χ4n) is 2.62. The highest BCUT2D eigenvalue weighted by atomic mass is 35.5. The number of aromatic hydroxyl groups is 1. The van der Waals surface area contributed by atoms with Crippen LogP contribution in [0.25, 0.3) is 0 Å². The average molecular weight is 320 g/mol. The first kappa shape index (κ1) is 15.2. The van der Waals surface area contributed by atoms with Crippen LogP contribution in [0, 0.1) is 0 Å². The number of aliphatic hydroxyl groups is 1. The molecule has 0 aliphatic carbocycles. The summed E-state index contributed by atoms with van der Waals surface area (Å²) in [6, 6.07) is 12.4. The van der Waals surface area contributed by atoms with E-state index in [1.165, 1.54) is 0 Å². The van der Waals surface area contributed by atoms with Crippen LogP contribution >= 0.6 is 11.6 Å². The van der Waals surface area contributed by atoms with Crippen molar-refractivity contribution in [1.82, 2.24) is 5.32 Å². The first-order chi connectivity index (χ1) is 10.6. The molecule has 5 heteroatoms. The van der Waals surface area contributed by atoms with E-state index in [-0.39, 0.29) is 11.8 Å². The molecular weight excluding hydrogens is 302 g/mol. The highest BCUT2D eigenvalue weighted by Gasteiger charge is 2.21. The Labute approximate surface area is 134 Å². The molecule has 0 saturated heterocycles. The van der Waals surface area contributed by atoms with Gasteiger partial charge in [-0.05, 0) is 47.9 Å². The summed E-state index contributed by atoms with van der Waals surface area (Å²) in [6.07, 6.45) is 0.135. The zero-order valence-electron chi connectivity index (χ0n) is 12.0. The van der Waals surface area contributed by atoms with E-state index in [4.69, 9.17) is 16.3 Å². The molecule has 0 radical (unpaired) electrons. The summed E-state index contributed by atoms with van der Waals surface area (Å²) in [7, 11) is 0. The van der Waals surface area contributed by atoms with Crippen LogP contribution in [-0.4, -0.2) is 29.4 Å². The van der Waals surface area contributed by atoms with Crippen LogP contribution in [0.2, 0.25) is 5.02 Å². The van der Waals surface area contributed by atoms with Crippen LogP contribution in [0.4, 0.5) is 0 Å². The minimum atomic E-state index is -0.621. The summed E-state index contributed by atoms with van der Waals surface area (Å²) in [6.45, 7) is 0.961. The van der Waals surface area contributed by atoms with Crippen molar-refractivity contribution in [3.8, 4) is 11.5 Å². The van der Waals surface area contributed by atoms with Crippen molar-refractivity contribution in [3.63, 3.8) is 0 Å². The summed E-state index contributed by atoms with van der Waals surface area (Å²) >= 11 is 5.93. The molecule has 0 fully saturated rings. The maximum Gasteiger partial charge on any atom is 0.122 e. The third-order valence-corrected chi connectivity index (χ3v) is 4.02. The van der Waals surface area contributed by atoms with Crippen LogP contribution in [0.15, 0.2) is 42.5 Å². The monoisotopic (exact) mass is 319 g/mol. The smallest absolute Gasteiger partial charge is 0.122 e. The molecule has 0 spiro atoms. The molecule has 0 amide bonds. The number of aliphatic hydroxyl groups excluding tert-OH is 1. The molecule has 4 nitrogen and oxygen atoms in total. The van der Waals surface area contributed by atoms with Crippen LogP contribution in [0.5, 0.6) is 11.5 Å². The van der Waals surface area contributed by atoms with E-state index in [1.807, 2.05) is 12.1 Å². The first-order valence-corrected chi connectivity index (χ1v) is 7.61. The van der Waals surface area contributed by atoms with Crippen molar-refractivity contribution in [3.05, 3.63) is 58.6 Å². The predicted octanol–water partition coefficient (Wildman–Crippen LogP) is 2.67. The lowest BCUT2D eigenvalue weighted by Gasteiger charge is -2.27. The Kier molecular flexibility index (Phi) is 4.52. The SMILES string of the molecule is Oc1ccc2c(c1)CC(NC[C@H](O)c1cccc(Cl)c1)CO2. The molecule has 3 rings (SSSR count). The molecule has 3 N–H and O–H groups in total. The van der Waals surface area contributed by atoms with Crippen LogP contribution in [-0.2, 0) is 6.42 Å². The Morgan fingerprint density at radius 3 is 2.95 bits per heavy atom. The predicted molar refractivity (Wildman–Crippen MR) is 85.5 cm³/mol. The molecule has 0 bridgehead atoms. The van der Waals surface area contributed by atoms with Gasteiger partial charge in [0.05, 0.1) is 6.10 Å². The highest BCUT2D eigenvalue weighted by Crippen LogP contribution is 2.28. The minimum absolute atomic E-state index is 0.100. The molecule has 2 atom stereocenters. The standard InChI is InChI=1S/C17H18ClNO3/c18-13-3-1-2-11(6-13)16(21)9-19-14-7-12-8-15(20)4-5-17(12)22-10-14/h1-6,8,14,16,19-21H,7,9-10H2/t14?,16-/m0/s1. The van der Waals surface area contributed by atoms with Gasteiger partial charge in [0.25, 0.3) is 0 Å². The average Bonchev–Trinajstić information content (AvgIpc) is 2.52. The summed E-state index contributed by atoms with van der Waals surface area (Å²) in [4.78, 5) is 0. The van der Waals surface area contributed by atoms with E-state index < -0.39 is 6.10 Å². The summed E-state index contributed by atoms with van der Waals surface area (Å²) in [5, 5.41) is 23.7. The van der Waals surface area contributed by atoms with Gasteiger partial charge in [0.1, 0.15) is 18.1 Å². The minimum Gasteiger partial charge on any atom is -0.508 e. The van der Waals surface area contributed by atoms with Gasteiger partial charge in [0.15, 0.2) is 0 Å². The topological polar surface area (TPSA) is 61.7 Å². The lowest BCUT2D eigenvalue weighted by Crippen LogP contribution is -2.41. The Balaban J connectivity index is 1.58. The fraction of sp³-hybridized carbons (Fsp3) is 0.294. The molecule has 1 heterocycles. The molecule has 1 aliphatic heterocycles. The summed E-state index contributed by atoms with van der Waals surface area (Å²) < 4.78 is 5.67. The number of rotatable bonds is 4. The Bertz CT molecular complexity index is 662. The first-order valence-electron chi connectivity index (χ1n) is 7.23. The van der Waals surface area contributed by atoms with Crippen molar-refractivity contribution in [2.45, 2.75) is 18.6 Å². The number of fused-ring (bicyclic) bond motifs is 1. The van der Waals surface area contributed by atoms with E-state index in [2.05, 4.69) is 5.32 Å². The molecule has 1 unspecified atom stereocenters. The summed E-state index contributed by atoms with van der Waals surface area (Å²) in [5.74, 6) is 1.05. The van der Waals surface area contributed by atoms with Gasteiger partial charge in [-0.2, -0.15) is 0 Å². The number of ether oxygens (including phenoxy) is 1. The molecule has 22 heavy (non-hydrogen) atoms. The van der Waals surface area contributed by atoms with E-state index in [0.29, 0.717) is 18.2 Å². The molecular formula is C17H18ClNO3. The lowest BCUT2D eigenvalue weighted by atomic mass is 10.0. The van der Waals surface area contributed by atoms with Crippen LogP contribution < -0.4 is 10.1 Å². The number of phenolic OH excluding ortho intramolecular Hbond substituents is 1. The largest absolute Gasteiger partial charge is 0.508 e. The fourth-order valence-corrected chi connectivity index (χ4v) is 2.82. The van der Waals surface area contributed by atoms with E-state index in [1.54, 1.807) is 30.3 Å². The number of hydrogen-bond donors (Lipinski definition) is 3. The second-order valence-electron chi connectivity index (χ2n) is 5.48. The van der Waals surface area contributed by atoms with Crippen molar-refractivity contribution in [2.24, 2.45) is 0 Å². The van der Waals surface area contributed by atoms with Crippen LogP contribution in [0.1, 0.15) is 17.2 Å². The lowest BCUT2D eigenvalue weighted by molar-refractivity contribution is 0.157. The van der Waals surface area contributed by atoms with Gasteiger partial charge in [-0.1, -0.05) is 23.7 Å². The normalized spacial score (nSPS) is 18.4. The molecule has 0 aromatic heterocycles. The third kappa shape index (κ3) is 3.53. The molecule has 2 aromatic carbocycles. The zero-order valence-corrected chi connectivity index (χ0v) is 12.8. The number of halogens is 1. The Morgan fingerprint density at radius 1 is 1.27 bits per heavy atom. The van der Waals surface area contributed by atoms with Crippen molar-refractivity contribution in [1.29, 1.82) is 0 Å². The number of nitrogens with one attached hydrogen (secondary N) is 1. The number of benzene rings is 2. The van der Waals surface area contributed by atoms with Gasteiger partial charge in [-0.3, -0.25) is 0 Å². The van der Waals surface area contributed by atoms with Crippen molar-refractivity contribution < 1.29 is 14.9 Å². The van der Waals surface area contributed by atoms with Crippen molar-refractivity contribution >= 4 is 11.6 Å². The maximum atomic E-state index is 10.2. The number of phenols is 1. The third-order valence-electron chi connectivity index (χ3n) is 3.78. The Morgan fingerprint density at radius 2 is 2.14 bits per heavy atom. The van der Waals surface area contributed by atoms with Gasteiger partial charge in [0.2, 0.25) is 0 Å².